The van der Waals surface area contributed by atoms with Crippen molar-refractivity contribution in [1.82, 2.24) is 5.32 Å². The fraction of sp³-hybridized carbons (Fsp3) is 0.357. The summed E-state index contributed by atoms with van der Waals surface area (Å²) in [6.07, 6.45) is 5.64. The van der Waals surface area contributed by atoms with Crippen LogP contribution < -0.4 is 15.0 Å². The van der Waals surface area contributed by atoms with Gasteiger partial charge in [0.25, 0.3) is 0 Å². The monoisotopic (exact) mass is 476 g/mol. The van der Waals surface area contributed by atoms with Crippen molar-refractivity contribution >= 4 is 28.8 Å². The number of amides is 2. The van der Waals surface area contributed by atoms with E-state index in [4.69, 9.17) is 4.74 Å². The topological polar surface area (TPSA) is 58.6 Å². The second kappa shape index (κ2) is 11.3. The Morgan fingerprint density at radius 3 is 2.56 bits per heavy atom. The molecule has 5 nitrogen and oxygen atoms in total. The Morgan fingerprint density at radius 1 is 1.06 bits per heavy atom. The molecule has 3 aromatic rings. The summed E-state index contributed by atoms with van der Waals surface area (Å²) in [6, 6.07) is 18.5. The highest BCUT2D eigenvalue weighted by Gasteiger charge is 2.35. The normalized spacial score (nSPS) is 14.9. The molecule has 34 heavy (non-hydrogen) atoms. The number of rotatable bonds is 8. The van der Waals surface area contributed by atoms with E-state index in [1.54, 1.807) is 23.3 Å². The molecule has 1 N–H and O–H groups in total. The third-order valence-corrected chi connectivity index (χ3v) is 7.29. The van der Waals surface area contributed by atoms with Gasteiger partial charge in [0.2, 0.25) is 11.8 Å². The van der Waals surface area contributed by atoms with Gasteiger partial charge in [0.05, 0.1) is 13.5 Å². The van der Waals surface area contributed by atoms with Crippen LogP contribution >= 0.6 is 11.3 Å². The van der Waals surface area contributed by atoms with Crippen molar-refractivity contribution in [3.63, 3.8) is 0 Å². The van der Waals surface area contributed by atoms with E-state index in [0.29, 0.717) is 5.75 Å². The van der Waals surface area contributed by atoms with E-state index in [0.717, 1.165) is 47.4 Å². The first kappa shape index (κ1) is 24.0. The summed E-state index contributed by atoms with van der Waals surface area (Å²) < 4.78 is 5.46. The Kier molecular flexibility index (Phi) is 8.01. The van der Waals surface area contributed by atoms with E-state index in [-0.39, 0.29) is 24.3 Å². The molecule has 4 rings (SSSR count). The van der Waals surface area contributed by atoms with Crippen LogP contribution in [0.3, 0.4) is 0 Å². The number of carbonyl (C=O) groups is 2. The molecule has 1 aliphatic carbocycles. The minimum absolute atomic E-state index is 0.108. The van der Waals surface area contributed by atoms with Crippen molar-refractivity contribution in [3.8, 4) is 5.75 Å². The number of nitrogens with zero attached hydrogens (tertiary/aromatic N) is 1. The summed E-state index contributed by atoms with van der Waals surface area (Å²) in [7, 11) is 1.61. The first-order valence-corrected chi connectivity index (χ1v) is 12.8. The number of methoxy groups -OCH3 is 1. The molecule has 0 unspecified atom stereocenters. The smallest absolute Gasteiger partial charge is 0.248 e. The number of hydrogen-bond donors (Lipinski definition) is 1. The van der Waals surface area contributed by atoms with Gasteiger partial charge in [-0.25, -0.2) is 0 Å². The van der Waals surface area contributed by atoms with Gasteiger partial charge in [-0.15, -0.1) is 11.3 Å². The molecule has 178 valence electrons. The second-order valence-electron chi connectivity index (χ2n) is 8.83. The number of carbonyl (C=O) groups excluding carboxylic acids is 2. The number of anilines is 1. The van der Waals surface area contributed by atoms with Crippen molar-refractivity contribution in [2.75, 3.05) is 12.0 Å². The summed E-state index contributed by atoms with van der Waals surface area (Å²) >= 11 is 1.55. The fourth-order valence-electron chi connectivity index (χ4n) is 4.65. The predicted molar refractivity (Wildman–Crippen MR) is 137 cm³/mol. The SMILES string of the molecule is COc1cccc([C@@H](C(=O)NC2CCCCC2)N(C(=O)Cc2cccs2)c2ccccc2C)c1. The van der Waals surface area contributed by atoms with E-state index < -0.39 is 6.04 Å². The van der Waals surface area contributed by atoms with Crippen molar-refractivity contribution in [2.24, 2.45) is 0 Å². The lowest BCUT2D eigenvalue weighted by Crippen LogP contribution is -2.48. The molecule has 0 spiro atoms. The maximum Gasteiger partial charge on any atom is 0.248 e. The Labute approximate surface area is 205 Å². The first-order valence-electron chi connectivity index (χ1n) is 11.9. The largest absolute Gasteiger partial charge is 0.497 e. The van der Waals surface area contributed by atoms with Gasteiger partial charge in [0, 0.05) is 16.6 Å². The van der Waals surface area contributed by atoms with Crippen LogP contribution in [-0.2, 0) is 16.0 Å². The lowest BCUT2D eigenvalue weighted by atomic mass is 9.94. The highest BCUT2D eigenvalue weighted by molar-refractivity contribution is 7.10. The molecular weight excluding hydrogens is 444 g/mol. The molecule has 0 aliphatic heterocycles. The van der Waals surface area contributed by atoms with Gasteiger partial charge in [0.15, 0.2) is 0 Å². The molecule has 2 amide bonds. The fourth-order valence-corrected chi connectivity index (χ4v) is 5.35. The molecule has 1 aliphatic rings. The molecule has 1 heterocycles. The van der Waals surface area contributed by atoms with E-state index in [1.165, 1.54) is 6.42 Å². The zero-order valence-electron chi connectivity index (χ0n) is 19.8. The highest BCUT2D eigenvalue weighted by atomic mass is 32.1. The molecule has 1 fully saturated rings. The van der Waals surface area contributed by atoms with Crippen molar-refractivity contribution < 1.29 is 14.3 Å². The molecule has 2 aromatic carbocycles. The lowest BCUT2D eigenvalue weighted by molar-refractivity contribution is -0.127. The van der Waals surface area contributed by atoms with Crippen LogP contribution in [0.2, 0.25) is 0 Å². The van der Waals surface area contributed by atoms with Gasteiger partial charge in [0.1, 0.15) is 11.8 Å². The summed E-state index contributed by atoms with van der Waals surface area (Å²) in [6.45, 7) is 1.97. The minimum atomic E-state index is -0.800. The Hall–Kier alpha value is -3.12. The van der Waals surface area contributed by atoms with Crippen LogP contribution in [0.25, 0.3) is 0 Å². The van der Waals surface area contributed by atoms with E-state index in [2.05, 4.69) is 5.32 Å². The molecule has 0 bridgehead atoms. The van der Waals surface area contributed by atoms with Crippen LogP contribution in [0.4, 0.5) is 5.69 Å². The summed E-state index contributed by atoms with van der Waals surface area (Å²) in [4.78, 5) is 30.4. The highest BCUT2D eigenvalue weighted by Crippen LogP contribution is 2.33. The van der Waals surface area contributed by atoms with Gasteiger partial charge < -0.3 is 10.1 Å². The molecular formula is C28H32N2O3S. The van der Waals surface area contributed by atoms with Crippen LogP contribution in [0.1, 0.15) is 54.1 Å². The average Bonchev–Trinajstić information content (AvgIpc) is 3.36. The number of hydrogen-bond acceptors (Lipinski definition) is 4. The van der Waals surface area contributed by atoms with E-state index >= 15 is 0 Å². The molecule has 6 heteroatoms. The molecule has 1 saturated carbocycles. The van der Waals surface area contributed by atoms with Crippen molar-refractivity contribution in [3.05, 3.63) is 82.0 Å². The van der Waals surface area contributed by atoms with Crippen LogP contribution in [0.5, 0.6) is 5.75 Å². The summed E-state index contributed by atoms with van der Waals surface area (Å²) in [5.41, 5.74) is 2.42. The zero-order chi connectivity index (χ0) is 23.9. The molecule has 1 atom stereocenters. The molecule has 0 saturated heterocycles. The Bertz CT molecular complexity index is 1110. The second-order valence-corrected chi connectivity index (χ2v) is 9.86. The number of benzene rings is 2. The van der Waals surface area contributed by atoms with Crippen LogP contribution in [-0.4, -0.2) is 25.0 Å². The molecule has 0 radical (unpaired) electrons. The number of aryl methyl sites for hydroxylation is 1. The standard InChI is InChI=1S/C28H32N2O3S/c1-20-10-6-7-16-25(20)30(26(31)19-24-15-9-17-34-24)27(21-11-8-14-23(18-21)33-2)28(32)29-22-12-4-3-5-13-22/h6-11,14-18,22,27H,3-5,12-13,19H2,1-2H3,(H,29,32)/t27-/m0/s1. The van der Waals surface area contributed by atoms with Gasteiger partial charge in [-0.05, 0) is 60.5 Å². The van der Waals surface area contributed by atoms with Crippen LogP contribution in [0.15, 0.2) is 66.0 Å². The van der Waals surface area contributed by atoms with Gasteiger partial charge >= 0.3 is 0 Å². The van der Waals surface area contributed by atoms with Gasteiger partial charge in [-0.3, -0.25) is 14.5 Å². The van der Waals surface area contributed by atoms with Gasteiger partial charge in [-0.1, -0.05) is 55.7 Å². The van der Waals surface area contributed by atoms with Crippen molar-refractivity contribution in [2.45, 2.75) is 57.5 Å². The number of nitrogens with one attached hydrogen (secondary N) is 1. The first-order chi connectivity index (χ1) is 16.6. The predicted octanol–water partition coefficient (Wildman–Crippen LogP) is 5.83. The van der Waals surface area contributed by atoms with Gasteiger partial charge in [-0.2, -0.15) is 0 Å². The number of para-hydroxylation sites is 1. The average molecular weight is 477 g/mol. The Morgan fingerprint density at radius 2 is 1.85 bits per heavy atom. The zero-order valence-corrected chi connectivity index (χ0v) is 20.6. The third-order valence-electron chi connectivity index (χ3n) is 6.42. The minimum Gasteiger partial charge on any atom is -0.497 e. The number of ether oxygens (including phenoxy) is 1. The maximum absolute atomic E-state index is 13.9. The lowest BCUT2D eigenvalue weighted by Gasteiger charge is -2.34. The van der Waals surface area contributed by atoms with Crippen molar-refractivity contribution in [1.29, 1.82) is 0 Å². The maximum atomic E-state index is 13.9. The van der Waals surface area contributed by atoms with E-state index in [9.17, 15) is 9.59 Å². The summed E-state index contributed by atoms with van der Waals surface area (Å²) in [5, 5.41) is 5.24. The third kappa shape index (κ3) is 5.68. The van der Waals surface area contributed by atoms with Crippen LogP contribution in [0, 0.1) is 6.92 Å². The number of thiophene rings is 1. The Balaban J connectivity index is 1.78. The molecule has 1 aromatic heterocycles. The van der Waals surface area contributed by atoms with E-state index in [1.807, 2.05) is 73.0 Å². The quantitative estimate of drug-likeness (QED) is 0.445. The summed E-state index contributed by atoms with van der Waals surface area (Å²) in [5.74, 6) is 0.398.